The van der Waals surface area contributed by atoms with Gasteiger partial charge in [0, 0.05) is 65.5 Å². The Hall–Kier alpha value is -1.85. The SMILES string of the molecule is CN=C(NCc1cccc(OCCN2CCOCC2)c1)N1CCC(c2cnn(C)c2)C1.I. The van der Waals surface area contributed by atoms with E-state index in [0.717, 1.165) is 70.6 Å². The molecular formula is C23H35IN6O2. The average molecular weight is 554 g/mol. The van der Waals surface area contributed by atoms with Gasteiger partial charge in [0.1, 0.15) is 12.4 Å². The molecule has 0 saturated carbocycles. The van der Waals surface area contributed by atoms with Crippen molar-refractivity contribution in [2.45, 2.75) is 18.9 Å². The molecule has 2 aliphatic heterocycles. The first-order valence-electron chi connectivity index (χ1n) is 11.2. The second kappa shape index (κ2) is 12.4. The summed E-state index contributed by atoms with van der Waals surface area (Å²) in [5.41, 5.74) is 2.50. The predicted molar refractivity (Wildman–Crippen MR) is 137 cm³/mol. The summed E-state index contributed by atoms with van der Waals surface area (Å²) in [6, 6.07) is 8.31. The van der Waals surface area contributed by atoms with Crippen LogP contribution in [0.15, 0.2) is 41.7 Å². The highest BCUT2D eigenvalue weighted by Gasteiger charge is 2.26. The minimum absolute atomic E-state index is 0. The fourth-order valence-corrected chi connectivity index (χ4v) is 4.25. The zero-order valence-corrected chi connectivity index (χ0v) is 21.4. The number of likely N-dealkylation sites (tertiary alicyclic amines) is 1. The van der Waals surface area contributed by atoms with Crippen LogP contribution in [0.1, 0.15) is 23.5 Å². The van der Waals surface area contributed by atoms with Crippen molar-refractivity contribution in [3.05, 3.63) is 47.8 Å². The van der Waals surface area contributed by atoms with Gasteiger partial charge in [-0.15, -0.1) is 24.0 Å². The molecule has 2 aliphatic rings. The zero-order valence-electron chi connectivity index (χ0n) is 19.1. The number of nitrogens with zero attached hydrogens (tertiary/aromatic N) is 5. The van der Waals surface area contributed by atoms with E-state index < -0.39 is 0 Å². The van der Waals surface area contributed by atoms with Crippen LogP contribution in [0.5, 0.6) is 5.75 Å². The van der Waals surface area contributed by atoms with Gasteiger partial charge < -0.3 is 19.7 Å². The van der Waals surface area contributed by atoms with E-state index >= 15 is 0 Å². The van der Waals surface area contributed by atoms with E-state index in [1.807, 2.05) is 31.0 Å². The van der Waals surface area contributed by atoms with Crippen LogP contribution in [0, 0.1) is 0 Å². The van der Waals surface area contributed by atoms with Crippen LogP contribution in [0.4, 0.5) is 0 Å². The van der Waals surface area contributed by atoms with Crippen LogP contribution in [0.3, 0.4) is 0 Å². The lowest BCUT2D eigenvalue weighted by atomic mass is 10.0. The van der Waals surface area contributed by atoms with E-state index in [1.54, 1.807) is 0 Å². The number of benzene rings is 1. The lowest BCUT2D eigenvalue weighted by Gasteiger charge is -2.26. The Morgan fingerprint density at radius 1 is 1.28 bits per heavy atom. The lowest BCUT2D eigenvalue weighted by Crippen LogP contribution is -2.39. The first-order chi connectivity index (χ1) is 15.2. The summed E-state index contributed by atoms with van der Waals surface area (Å²) in [7, 11) is 3.82. The number of aromatic nitrogens is 2. The number of nitrogens with one attached hydrogen (secondary N) is 1. The summed E-state index contributed by atoms with van der Waals surface area (Å²) >= 11 is 0. The number of aliphatic imine (C=N–C) groups is 1. The van der Waals surface area contributed by atoms with Crippen molar-refractivity contribution in [2.75, 3.05) is 59.6 Å². The topological polar surface area (TPSA) is 67.2 Å². The van der Waals surface area contributed by atoms with Crippen LogP contribution in [0.2, 0.25) is 0 Å². The number of aryl methyl sites for hydroxylation is 1. The summed E-state index contributed by atoms with van der Waals surface area (Å²) < 4.78 is 13.3. The van der Waals surface area contributed by atoms with E-state index in [-0.39, 0.29) is 24.0 Å². The van der Waals surface area contributed by atoms with E-state index in [4.69, 9.17) is 9.47 Å². The molecule has 2 saturated heterocycles. The maximum absolute atomic E-state index is 5.99. The minimum atomic E-state index is 0. The molecule has 0 spiro atoms. The molecular weight excluding hydrogens is 519 g/mol. The maximum Gasteiger partial charge on any atom is 0.193 e. The molecule has 2 fully saturated rings. The van der Waals surface area contributed by atoms with Crippen molar-refractivity contribution in [1.82, 2.24) is 24.9 Å². The molecule has 1 N–H and O–H groups in total. The van der Waals surface area contributed by atoms with E-state index in [9.17, 15) is 0 Å². The van der Waals surface area contributed by atoms with Crippen molar-refractivity contribution >= 4 is 29.9 Å². The first-order valence-corrected chi connectivity index (χ1v) is 11.2. The van der Waals surface area contributed by atoms with Gasteiger partial charge in [-0.2, -0.15) is 5.10 Å². The highest BCUT2D eigenvalue weighted by atomic mass is 127. The second-order valence-electron chi connectivity index (χ2n) is 8.23. The van der Waals surface area contributed by atoms with Crippen molar-refractivity contribution in [3.63, 3.8) is 0 Å². The smallest absolute Gasteiger partial charge is 0.193 e. The van der Waals surface area contributed by atoms with Crippen LogP contribution in [0.25, 0.3) is 0 Å². The summed E-state index contributed by atoms with van der Waals surface area (Å²) in [6.45, 7) is 7.95. The quantitative estimate of drug-likeness (QED) is 0.322. The minimum Gasteiger partial charge on any atom is -0.492 e. The van der Waals surface area contributed by atoms with Gasteiger partial charge in [0.05, 0.1) is 19.4 Å². The number of ether oxygens (including phenoxy) is 2. The van der Waals surface area contributed by atoms with Gasteiger partial charge in [-0.25, -0.2) is 0 Å². The van der Waals surface area contributed by atoms with Gasteiger partial charge >= 0.3 is 0 Å². The molecule has 1 aromatic carbocycles. The molecule has 1 atom stereocenters. The number of hydrogen-bond acceptors (Lipinski definition) is 5. The Morgan fingerprint density at radius 3 is 2.88 bits per heavy atom. The van der Waals surface area contributed by atoms with Gasteiger partial charge in [0.15, 0.2) is 5.96 Å². The molecule has 0 aliphatic carbocycles. The van der Waals surface area contributed by atoms with E-state index in [2.05, 4.69) is 49.6 Å². The molecule has 176 valence electrons. The van der Waals surface area contributed by atoms with E-state index in [0.29, 0.717) is 12.5 Å². The molecule has 0 amide bonds. The van der Waals surface area contributed by atoms with Gasteiger partial charge in [0.2, 0.25) is 0 Å². The van der Waals surface area contributed by atoms with Crippen LogP contribution >= 0.6 is 24.0 Å². The number of hydrogen-bond donors (Lipinski definition) is 1. The van der Waals surface area contributed by atoms with Crippen LogP contribution in [-0.4, -0.2) is 85.1 Å². The monoisotopic (exact) mass is 554 g/mol. The molecule has 1 aromatic heterocycles. The number of morpholine rings is 1. The van der Waals surface area contributed by atoms with Crippen molar-refractivity contribution in [2.24, 2.45) is 12.0 Å². The van der Waals surface area contributed by atoms with Gasteiger partial charge in [-0.1, -0.05) is 12.1 Å². The summed E-state index contributed by atoms with van der Waals surface area (Å²) in [5, 5.41) is 7.83. The third kappa shape index (κ3) is 6.82. The van der Waals surface area contributed by atoms with Crippen molar-refractivity contribution in [1.29, 1.82) is 0 Å². The molecule has 32 heavy (non-hydrogen) atoms. The predicted octanol–water partition coefficient (Wildman–Crippen LogP) is 2.31. The average Bonchev–Trinajstić information content (AvgIpc) is 3.45. The van der Waals surface area contributed by atoms with Gasteiger partial charge in [-0.3, -0.25) is 14.6 Å². The standard InChI is InChI=1S/C23H34N6O2.HI/c1-24-23(29-7-6-20(18-29)21-16-26-27(2)17-21)25-15-19-4-3-5-22(14-19)31-13-10-28-8-11-30-12-9-28;/h3-5,14,16-17,20H,6-13,15,18H2,1-2H3,(H,24,25);1H. The van der Waals surface area contributed by atoms with Crippen molar-refractivity contribution in [3.8, 4) is 5.75 Å². The third-order valence-electron chi connectivity index (χ3n) is 6.02. The third-order valence-corrected chi connectivity index (χ3v) is 6.02. The molecule has 1 unspecified atom stereocenters. The summed E-state index contributed by atoms with van der Waals surface area (Å²) in [4.78, 5) is 9.22. The number of halogens is 1. The molecule has 9 heteroatoms. The maximum atomic E-state index is 5.99. The Labute approximate surface area is 208 Å². The fourth-order valence-electron chi connectivity index (χ4n) is 4.25. The summed E-state index contributed by atoms with van der Waals surface area (Å²) in [5.74, 6) is 2.38. The second-order valence-corrected chi connectivity index (χ2v) is 8.23. The Morgan fingerprint density at radius 2 is 2.12 bits per heavy atom. The molecule has 3 heterocycles. The molecule has 8 nitrogen and oxygen atoms in total. The highest BCUT2D eigenvalue weighted by Crippen LogP contribution is 2.26. The van der Waals surface area contributed by atoms with Crippen molar-refractivity contribution < 1.29 is 9.47 Å². The Balaban J connectivity index is 0.00000289. The largest absolute Gasteiger partial charge is 0.492 e. The molecule has 4 rings (SSSR count). The fraction of sp³-hybridized carbons (Fsp3) is 0.565. The Kier molecular flexibility index (Phi) is 9.61. The van der Waals surface area contributed by atoms with Gasteiger partial charge in [0.25, 0.3) is 0 Å². The normalized spacial score (nSPS) is 19.6. The first kappa shape index (κ1) is 24.8. The van der Waals surface area contributed by atoms with E-state index in [1.165, 1.54) is 11.1 Å². The van der Waals surface area contributed by atoms with Crippen LogP contribution < -0.4 is 10.1 Å². The molecule has 2 aromatic rings. The van der Waals surface area contributed by atoms with Gasteiger partial charge in [-0.05, 0) is 29.7 Å². The Bertz CT molecular complexity index is 868. The highest BCUT2D eigenvalue weighted by molar-refractivity contribution is 14.0. The lowest BCUT2D eigenvalue weighted by molar-refractivity contribution is 0.0322. The van der Waals surface area contributed by atoms with Crippen LogP contribution in [-0.2, 0) is 18.3 Å². The number of rotatable bonds is 7. The molecule has 0 bridgehead atoms. The molecule has 0 radical (unpaired) electrons. The number of guanidine groups is 1. The summed E-state index contributed by atoms with van der Waals surface area (Å²) in [6.07, 6.45) is 5.22. The zero-order chi connectivity index (χ0) is 21.5.